The van der Waals surface area contributed by atoms with Gasteiger partial charge in [0.05, 0.1) is 11.1 Å². The van der Waals surface area contributed by atoms with Crippen LogP contribution in [0.25, 0.3) is 0 Å². The minimum atomic E-state index is -0.490. The highest BCUT2D eigenvalue weighted by Crippen LogP contribution is 2.32. The van der Waals surface area contributed by atoms with Crippen molar-refractivity contribution in [3.8, 4) is 5.75 Å². The van der Waals surface area contributed by atoms with E-state index >= 15 is 0 Å². The number of amides is 1. The van der Waals surface area contributed by atoms with Gasteiger partial charge in [0.15, 0.2) is 6.61 Å². The molecule has 2 aromatic carbocycles. The minimum absolute atomic E-state index is 0.0413. The summed E-state index contributed by atoms with van der Waals surface area (Å²) in [4.78, 5) is 22.2. The monoisotopic (exact) mass is 433 g/mol. The Labute approximate surface area is 165 Å². The molecule has 0 atom stereocenters. The van der Waals surface area contributed by atoms with Gasteiger partial charge in [-0.3, -0.25) is 14.9 Å². The van der Waals surface area contributed by atoms with Crippen molar-refractivity contribution in [2.24, 2.45) is 5.10 Å². The number of non-ortho nitro benzene ring substituents is 1. The molecule has 2 aromatic rings. The molecule has 8 heteroatoms. The average molecular weight is 434 g/mol. The zero-order valence-electron chi connectivity index (χ0n) is 15.2. The van der Waals surface area contributed by atoms with Crippen molar-refractivity contribution in [2.75, 3.05) is 6.61 Å². The van der Waals surface area contributed by atoms with Crippen LogP contribution in [0.2, 0.25) is 0 Å². The Hall–Kier alpha value is -2.74. The van der Waals surface area contributed by atoms with Gasteiger partial charge in [-0.2, -0.15) is 5.10 Å². The Kier molecular flexibility index (Phi) is 7.06. The van der Waals surface area contributed by atoms with Crippen LogP contribution >= 0.6 is 15.9 Å². The molecule has 0 aliphatic heterocycles. The number of halogens is 1. The maximum Gasteiger partial charge on any atom is 0.277 e. The van der Waals surface area contributed by atoms with Crippen molar-refractivity contribution in [2.45, 2.75) is 26.7 Å². The number of carbonyl (C=O) groups is 1. The standard InChI is InChI=1S/C19H20BrN3O4/c1-12(2)16-9-17(20)13(3)7-18(16)27-11-19(24)22-21-10-14-5-4-6-15(8-14)23(25)26/h4-10,12H,11H2,1-3H3,(H,22,24)/b21-10-. The highest BCUT2D eigenvalue weighted by Gasteiger charge is 2.12. The fourth-order valence-corrected chi connectivity index (χ4v) is 2.68. The smallest absolute Gasteiger partial charge is 0.277 e. The van der Waals surface area contributed by atoms with Gasteiger partial charge in [-0.05, 0) is 36.1 Å². The van der Waals surface area contributed by atoms with Gasteiger partial charge in [0.25, 0.3) is 11.6 Å². The van der Waals surface area contributed by atoms with E-state index in [1.165, 1.54) is 18.3 Å². The third-order valence-electron chi connectivity index (χ3n) is 3.76. The van der Waals surface area contributed by atoms with Gasteiger partial charge < -0.3 is 4.74 Å². The third kappa shape index (κ3) is 5.89. The molecule has 0 spiro atoms. The summed E-state index contributed by atoms with van der Waals surface area (Å²) in [6, 6.07) is 9.83. The van der Waals surface area contributed by atoms with E-state index in [1.807, 2.05) is 32.9 Å². The van der Waals surface area contributed by atoms with Crippen molar-refractivity contribution in [1.29, 1.82) is 0 Å². The molecule has 142 valence electrons. The zero-order chi connectivity index (χ0) is 20.0. The molecule has 2 rings (SSSR count). The van der Waals surface area contributed by atoms with E-state index in [0.717, 1.165) is 15.6 Å². The van der Waals surface area contributed by atoms with E-state index < -0.39 is 10.8 Å². The Morgan fingerprint density at radius 3 is 2.78 bits per heavy atom. The van der Waals surface area contributed by atoms with Gasteiger partial charge in [0.1, 0.15) is 5.75 Å². The lowest BCUT2D eigenvalue weighted by Gasteiger charge is -2.15. The van der Waals surface area contributed by atoms with Crippen LogP contribution in [0.5, 0.6) is 5.75 Å². The van der Waals surface area contributed by atoms with Gasteiger partial charge in [-0.1, -0.05) is 41.9 Å². The van der Waals surface area contributed by atoms with Crippen molar-refractivity contribution in [1.82, 2.24) is 5.43 Å². The van der Waals surface area contributed by atoms with E-state index in [9.17, 15) is 14.9 Å². The van der Waals surface area contributed by atoms with Crippen LogP contribution in [0.3, 0.4) is 0 Å². The van der Waals surface area contributed by atoms with Crippen LogP contribution in [0.4, 0.5) is 5.69 Å². The molecule has 0 radical (unpaired) electrons. The van der Waals surface area contributed by atoms with E-state index in [-0.39, 0.29) is 18.2 Å². The quantitative estimate of drug-likeness (QED) is 0.399. The summed E-state index contributed by atoms with van der Waals surface area (Å²) in [5.74, 6) is 0.474. The molecule has 0 aromatic heterocycles. The van der Waals surface area contributed by atoms with Crippen LogP contribution < -0.4 is 10.2 Å². The molecule has 0 aliphatic carbocycles. The summed E-state index contributed by atoms with van der Waals surface area (Å²) in [6.45, 7) is 5.86. The first-order valence-electron chi connectivity index (χ1n) is 8.27. The lowest BCUT2D eigenvalue weighted by molar-refractivity contribution is -0.384. The van der Waals surface area contributed by atoms with Gasteiger partial charge >= 0.3 is 0 Å². The molecule has 0 saturated carbocycles. The van der Waals surface area contributed by atoms with E-state index in [0.29, 0.717) is 11.3 Å². The van der Waals surface area contributed by atoms with Crippen LogP contribution in [-0.4, -0.2) is 23.7 Å². The molecule has 0 bridgehead atoms. The Balaban J connectivity index is 1.96. The second-order valence-corrected chi connectivity index (χ2v) is 7.08. The number of carbonyl (C=O) groups excluding carboxylic acids is 1. The molecule has 1 N–H and O–H groups in total. The molecular weight excluding hydrogens is 414 g/mol. The number of aryl methyl sites for hydroxylation is 1. The Morgan fingerprint density at radius 1 is 1.37 bits per heavy atom. The predicted molar refractivity (Wildman–Crippen MR) is 107 cm³/mol. The molecule has 0 aliphatic rings. The van der Waals surface area contributed by atoms with E-state index in [4.69, 9.17) is 4.74 Å². The molecular formula is C19H20BrN3O4. The first-order valence-corrected chi connectivity index (χ1v) is 9.06. The SMILES string of the molecule is Cc1cc(OCC(=O)N/N=C\c2cccc([N+](=O)[O-])c2)c(C(C)C)cc1Br. The lowest BCUT2D eigenvalue weighted by Crippen LogP contribution is -2.25. The highest BCUT2D eigenvalue weighted by atomic mass is 79.9. The summed E-state index contributed by atoms with van der Waals surface area (Å²) in [7, 11) is 0. The summed E-state index contributed by atoms with van der Waals surface area (Å²) in [6.07, 6.45) is 1.34. The lowest BCUT2D eigenvalue weighted by atomic mass is 10.0. The normalized spacial score (nSPS) is 11.0. The minimum Gasteiger partial charge on any atom is -0.483 e. The molecule has 0 saturated heterocycles. The molecule has 27 heavy (non-hydrogen) atoms. The topological polar surface area (TPSA) is 93.8 Å². The number of ether oxygens (including phenoxy) is 1. The van der Waals surface area contributed by atoms with Gasteiger partial charge in [-0.25, -0.2) is 5.43 Å². The summed E-state index contributed by atoms with van der Waals surface area (Å²) in [5, 5.41) is 14.6. The van der Waals surface area contributed by atoms with Crippen LogP contribution in [0.1, 0.15) is 36.5 Å². The highest BCUT2D eigenvalue weighted by molar-refractivity contribution is 9.10. The fourth-order valence-electron chi connectivity index (χ4n) is 2.32. The number of nitrogens with zero attached hydrogens (tertiary/aromatic N) is 2. The number of hydrogen-bond donors (Lipinski definition) is 1. The molecule has 0 fully saturated rings. The maximum atomic E-state index is 11.9. The number of nitro groups is 1. The van der Waals surface area contributed by atoms with Gasteiger partial charge in [-0.15, -0.1) is 0 Å². The molecule has 0 unspecified atom stereocenters. The van der Waals surface area contributed by atoms with E-state index in [2.05, 4.69) is 26.5 Å². The zero-order valence-corrected chi connectivity index (χ0v) is 16.8. The van der Waals surface area contributed by atoms with Crippen molar-refractivity contribution in [3.63, 3.8) is 0 Å². The summed E-state index contributed by atoms with van der Waals surface area (Å²) < 4.78 is 6.64. The largest absolute Gasteiger partial charge is 0.483 e. The van der Waals surface area contributed by atoms with Crippen LogP contribution in [-0.2, 0) is 4.79 Å². The van der Waals surface area contributed by atoms with Crippen molar-refractivity contribution < 1.29 is 14.5 Å². The van der Waals surface area contributed by atoms with E-state index in [1.54, 1.807) is 12.1 Å². The first kappa shape index (κ1) is 20.6. The number of nitro benzene ring substituents is 1. The second-order valence-electron chi connectivity index (χ2n) is 6.23. The number of rotatable bonds is 7. The van der Waals surface area contributed by atoms with Crippen LogP contribution in [0, 0.1) is 17.0 Å². The number of hydrogen-bond acceptors (Lipinski definition) is 5. The van der Waals surface area contributed by atoms with Crippen molar-refractivity contribution >= 4 is 33.7 Å². The molecule has 7 nitrogen and oxygen atoms in total. The molecule has 0 heterocycles. The van der Waals surface area contributed by atoms with Gasteiger partial charge in [0.2, 0.25) is 0 Å². The number of hydrazone groups is 1. The predicted octanol–water partition coefficient (Wildman–Crippen LogP) is 4.32. The Morgan fingerprint density at radius 2 is 2.11 bits per heavy atom. The van der Waals surface area contributed by atoms with Gasteiger partial charge in [0, 0.05) is 22.2 Å². The number of nitrogens with one attached hydrogen (secondary N) is 1. The summed E-state index contributed by atoms with van der Waals surface area (Å²) >= 11 is 3.50. The molecule has 1 amide bonds. The Bertz CT molecular complexity index is 881. The number of benzene rings is 2. The van der Waals surface area contributed by atoms with Crippen molar-refractivity contribution in [3.05, 3.63) is 67.7 Å². The summed E-state index contributed by atoms with van der Waals surface area (Å²) in [5.41, 5.74) is 4.83. The fraction of sp³-hybridized carbons (Fsp3) is 0.263. The third-order valence-corrected chi connectivity index (χ3v) is 4.61. The first-order chi connectivity index (χ1) is 12.8. The average Bonchev–Trinajstić information content (AvgIpc) is 2.62. The van der Waals surface area contributed by atoms with Crippen LogP contribution in [0.15, 0.2) is 46.0 Å². The maximum absolute atomic E-state index is 11.9. The second kappa shape index (κ2) is 9.27.